The van der Waals surface area contributed by atoms with Gasteiger partial charge in [0.05, 0.1) is 0 Å². The lowest BCUT2D eigenvalue weighted by atomic mass is 9.79. The topological polar surface area (TPSA) is 43.1 Å². The molecule has 2 rings (SSSR count). The molecule has 0 spiro atoms. The summed E-state index contributed by atoms with van der Waals surface area (Å²) in [4.78, 5) is 11.7. The Morgan fingerprint density at radius 2 is 2.00 bits per heavy atom. The predicted molar refractivity (Wildman–Crippen MR) is 52.3 cm³/mol. The average Bonchev–Trinajstić information content (AvgIpc) is 2.44. The molecule has 0 aliphatic heterocycles. The van der Waals surface area contributed by atoms with E-state index in [0.29, 0.717) is 17.7 Å². The van der Waals surface area contributed by atoms with Crippen molar-refractivity contribution in [1.29, 1.82) is 0 Å². The molecular weight excluding hydrogens is 162 g/mol. The molecule has 74 valence electrons. The summed E-state index contributed by atoms with van der Waals surface area (Å²) in [5, 5.41) is 0. The van der Waals surface area contributed by atoms with Crippen molar-refractivity contribution in [3.63, 3.8) is 0 Å². The molecule has 0 radical (unpaired) electrons. The zero-order valence-electron chi connectivity index (χ0n) is 8.17. The molecule has 0 amide bonds. The lowest BCUT2D eigenvalue weighted by molar-refractivity contribution is -0.124. The Bertz CT molecular complexity index is 198. The minimum absolute atomic E-state index is 0.301. The van der Waals surface area contributed by atoms with Gasteiger partial charge in [0, 0.05) is 18.4 Å². The molecule has 0 aromatic rings. The number of ketones is 1. The third kappa shape index (κ3) is 2.11. The van der Waals surface area contributed by atoms with Crippen molar-refractivity contribution < 1.29 is 4.79 Å². The maximum atomic E-state index is 11.7. The highest BCUT2D eigenvalue weighted by Gasteiger charge is 2.30. The number of hydrogen-bond donors (Lipinski definition) is 1. The summed E-state index contributed by atoms with van der Waals surface area (Å²) < 4.78 is 0. The van der Waals surface area contributed by atoms with Gasteiger partial charge in [-0.1, -0.05) is 19.3 Å². The average molecular weight is 181 g/mol. The van der Waals surface area contributed by atoms with Gasteiger partial charge in [0.25, 0.3) is 0 Å². The number of hydrogen-bond acceptors (Lipinski definition) is 2. The van der Waals surface area contributed by atoms with Gasteiger partial charge in [-0.05, 0) is 25.2 Å². The molecule has 2 atom stereocenters. The van der Waals surface area contributed by atoms with Crippen LogP contribution in [-0.2, 0) is 4.79 Å². The Balaban J connectivity index is 1.76. The molecule has 2 saturated carbocycles. The van der Waals surface area contributed by atoms with Gasteiger partial charge in [-0.15, -0.1) is 0 Å². The minimum Gasteiger partial charge on any atom is -0.328 e. The van der Waals surface area contributed by atoms with Crippen molar-refractivity contribution in [3.8, 4) is 0 Å². The van der Waals surface area contributed by atoms with E-state index in [0.717, 1.165) is 31.6 Å². The summed E-state index contributed by atoms with van der Waals surface area (Å²) >= 11 is 0. The van der Waals surface area contributed by atoms with Crippen LogP contribution in [0.1, 0.15) is 44.9 Å². The molecule has 2 heteroatoms. The first kappa shape index (κ1) is 9.20. The zero-order valence-corrected chi connectivity index (χ0v) is 8.17. The summed E-state index contributed by atoms with van der Waals surface area (Å²) in [6.45, 7) is 0. The van der Waals surface area contributed by atoms with Crippen LogP contribution in [0.5, 0.6) is 0 Å². The van der Waals surface area contributed by atoms with Crippen LogP contribution in [0.4, 0.5) is 0 Å². The van der Waals surface area contributed by atoms with E-state index in [9.17, 15) is 4.79 Å². The monoisotopic (exact) mass is 181 g/mol. The largest absolute Gasteiger partial charge is 0.328 e. The molecule has 2 aliphatic carbocycles. The first-order valence-corrected chi connectivity index (χ1v) is 5.54. The van der Waals surface area contributed by atoms with Crippen LogP contribution in [0.15, 0.2) is 0 Å². The Morgan fingerprint density at radius 3 is 2.46 bits per heavy atom. The van der Waals surface area contributed by atoms with E-state index in [1.165, 1.54) is 19.3 Å². The van der Waals surface area contributed by atoms with Gasteiger partial charge in [0.2, 0.25) is 0 Å². The van der Waals surface area contributed by atoms with Crippen molar-refractivity contribution in [2.24, 2.45) is 17.6 Å². The molecule has 2 fully saturated rings. The van der Waals surface area contributed by atoms with Crippen LogP contribution in [0.2, 0.25) is 0 Å². The summed E-state index contributed by atoms with van der Waals surface area (Å²) in [5.74, 6) is 1.54. The van der Waals surface area contributed by atoms with Crippen molar-refractivity contribution in [2.45, 2.75) is 51.0 Å². The SMILES string of the molecule is NC1CCC(C(=O)CC2CCC2)C1. The third-order valence-electron chi connectivity index (χ3n) is 3.64. The van der Waals surface area contributed by atoms with Gasteiger partial charge >= 0.3 is 0 Å². The lowest BCUT2D eigenvalue weighted by Gasteiger charge is -2.25. The smallest absolute Gasteiger partial charge is 0.136 e. The highest BCUT2D eigenvalue weighted by Crippen LogP contribution is 2.33. The number of rotatable bonds is 3. The molecular formula is C11H19NO. The van der Waals surface area contributed by atoms with Crippen LogP contribution >= 0.6 is 0 Å². The van der Waals surface area contributed by atoms with Crippen LogP contribution in [0.25, 0.3) is 0 Å². The van der Waals surface area contributed by atoms with Gasteiger partial charge in [-0.3, -0.25) is 4.79 Å². The second-order valence-electron chi connectivity index (χ2n) is 4.74. The minimum atomic E-state index is 0.301. The number of carbonyl (C=O) groups is 1. The molecule has 0 bridgehead atoms. The number of carbonyl (C=O) groups excluding carboxylic acids is 1. The van der Waals surface area contributed by atoms with Gasteiger partial charge in [-0.25, -0.2) is 0 Å². The molecule has 0 heterocycles. The van der Waals surface area contributed by atoms with E-state index < -0.39 is 0 Å². The summed E-state index contributed by atoms with van der Waals surface area (Å²) in [6, 6.07) is 0.301. The van der Waals surface area contributed by atoms with E-state index in [-0.39, 0.29) is 0 Å². The van der Waals surface area contributed by atoms with Crippen LogP contribution in [0.3, 0.4) is 0 Å². The fraction of sp³-hybridized carbons (Fsp3) is 0.909. The molecule has 2 aliphatic rings. The van der Waals surface area contributed by atoms with E-state index in [1.54, 1.807) is 0 Å². The van der Waals surface area contributed by atoms with Gasteiger partial charge in [0.15, 0.2) is 0 Å². The first-order chi connectivity index (χ1) is 6.25. The highest BCUT2D eigenvalue weighted by atomic mass is 16.1. The summed E-state index contributed by atoms with van der Waals surface area (Å²) in [5.41, 5.74) is 5.79. The molecule has 0 aromatic carbocycles. The summed E-state index contributed by atoms with van der Waals surface area (Å²) in [6.07, 6.45) is 7.80. The van der Waals surface area contributed by atoms with Gasteiger partial charge in [0.1, 0.15) is 5.78 Å². The number of nitrogens with two attached hydrogens (primary N) is 1. The lowest BCUT2D eigenvalue weighted by Crippen LogP contribution is -2.22. The second-order valence-corrected chi connectivity index (χ2v) is 4.74. The highest BCUT2D eigenvalue weighted by molar-refractivity contribution is 5.81. The normalized spacial score (nSPS) is 34.5. The van der Waals surface area contributed by atoms with E-state index >= 15 is 0 Å². The molecule has 2 N–H and O–H groups in total. The third-order valence-corrected chi connectivity index (χ3v) is 3.64. The predicted octanol–water partition coefficient (Wildman–Crippen LogP) is 1.87. The quantitative estimate of drug-likeness (QED) is 0.722. The number of Topliss-reactive ketones (excluding diaryl/α,β-unsaturated/α-hetero) is 1. The fourth-order valence-corrected chi connectivity index (χ4v) is 2.46. The van der Waals surface area contributed by atoms with E-state index in [1.807, 2.05) is 0 Å². The van der Waals surface area contributed by atoms with E-state index in [4.69, 9.17) is 5.73 Å². The molecule has 0 aromatic heterocycles. The van der Waals surface area contributed by atoms with Crippen molar-refractivity contribution >= 4 is 5.78 Å². The maximum Gasteiger partial charge on any atom is 0.136 e. The van der Waals surface area contributed by atoms with Crippen molar-refractivity contribution in [2.75, 3.05) is 0 Å². The fourth-order valence-electron chi connectivity index (χ4n) is 2.46. The standard InChI is InChI=1S/C11H19NO/c12-10-5-4-9(7-10)11(13)6-8-2-1-3-8/h8-10H,1-7,12H2. The molecule has 2 nitrogen and oxygen atoms in total. The Morgan fingerprint density at radius 1 is 1.23 bits per heavy atom. The summed E-state index contributed by atoms with van der Waals surface area (Å²) in [7, 11) is 0. The van der Waals surface area contributed by atoms with Crippen molar-refractivity contribution in [1.82, 2.24) is 0 Å². The van der Waals surface area contributed by atoms with Gasteiger partial charge in [-0.2, -0.15) is 0 Å². The van der Waals surface area contributed by atoms with Crippen LogP contribution in [-0.4, -0.2) is 11.8 Å². The maximum absolute atomic E-state index is 11.7. The molecule has 0 saturated heterocycles. The molecule has 13 heavy (non-hydrogen) atoms. The Kier molecular flexibility index (Phi) is 2.68. The first-order valence-electron chi connectivity index (χ1n) is 5.54. The van der Waals surface area contributed by atoms with Crippen LogP contribution in [0, 0.1) is 11.8 Å². The second kappa shape index (κ2) is 3.79. The molecule has 2 unspecified atom stereocenters. The Labute approximate surface area is 79.9 Å². The van der Waals surface area contributed by atoms with Crippen molar-refractivity contribution in [3.05, 3.63) is 0 Å². The van der Waals surface area contributed by atoms with Crippen LogP contribution < -0.4 is 5.73 Å². The zero-order chi connectivity index (χ0) is 9.26. The van der Waals surface area contributed by atoms with Gasteiger partial charge < -0.3 is 5.73 Å². The van der Waals surface area contributed by atoms with E-state index in [2.05, 4.69) is 0 Å². The Hall–Kier alpha value is -0.370.